The molecule has 0 radical (unpaired) electrons. The Morgan fingerprint density at radius 2 is 1.68 bits per heavy atom. The number of amides is 1. The van der Waals surface area contributed by atoms with Gasteiger partial charge in [0.2, 0.25) is 5.76 Å². The lowest BCUT2D eigenvalue weighted by atomic mass is 9.53. The third-order valence-electron chi connectivity index (χ3n) is 6.55. The van der Waals surface area contributed by atoms with Gasteiger partial charge in [0.1, 0.15) is 0 Å². The van der Waals surface area contributed by atoms with E-state index in [-0.39, 0.29) is 11.4 Å². The van der Waals surface area contributed by atoms with E-state index >= 15 is 0 Å². The van der Waals surface area contributed by atoms with Gasteiger partial charge in [-0.25, -0.2) is 0 Å². The van der Waals surface area contributed by atoms with Crippen molar-refractivity contribution in [2.75, 3.05) is 0 Å². The van der Waals surface area contributed by atoms with Gasteiger partial charge in [0.05, 0.1) is 11.3 Å². The van der Waals surface area contributed by atoms with Crippen molar-refractivity contribution in [1.82, 2.24) is 10.5 Å². The van der Waals surface area contributed by atoms with Gasteiger partial charge in [-0.15, -0.1) is 0 Å². The maximum Gasteiger partial charge on any atom is 0.290 e. The highest BCUT2D eigenvalue weighted by molar-refractivity contribution is 5.99. The monoisotopic (exact) mass is 336 g/mol. The molecule has 0 spiro atoms. The third kappa shape index (κ3) is 2.50. The number of hydrogen-bond donors (Lipinski definition) is 1. The van der Waals surface area contributed by atoms with E-state index in [2.05, 4.69) is 10.5 Å². The van der Waals surface area contributed by atoms with Gasteiger partial charge in [0.25, 0.3) is 5.91 Å². The van der Waals surface area contributed by atoms with Crippen LogP contribution >= 0.6 is 0 Å². The van der Waals surface area contributed by atoms with E-state index in [1.807, 2.05) is 37.3 Å². The topological polar surface area (TPSA) is 55.1 Å². The minimum atomic E-state index is -0.0959. The second kappa shape index (κ2) is 5.45. The molecular weight excluding hydrogens is 312 g/mol. The van der Waals surface area contributed by atoms with E-state index in [4.69, 9.17) is 4.52 Å². The van der Waals surface area contributed by atoms with Gasteiger partial charge < -0.3 is 9.84 Å². The fourth-order valence-corrected chi connectivity index (χ4v) is 6.03. The van der Waals surface area contributed by atoms with Crippen LogP contribution in [0.25, 0.3) is 11.1 Å². The highest BCUT2D eigenvalue weighted by Gasteiger charge is 2.51. The maximum atomic E-state index is 13.1. The number of benzene rings is 1. The van der Waals surface area contributed by atoms with Crippen molar-refractivity contribution < 1.29 is 9.32 Å². The molecule has 0 unspecified atom stereocenters. The molecule has 4 aliphatic rings. The van der Waals surface area contributed by atoms with E-state index in [1.165, 1.54) is 19.3 Å². The van der Waals surface area contributed by atoms with Crippen molar-refractivity contribution >= 4 is 5.91 Å². The highest BCUT2D eigenvalue weighted by atomic mass is 16.5. The van der Waals surface area contributed by atoms with E-state index in [0.717, 1.165) is 53.8 Å². The van der Waals surface area contributed by atoms with Crippen LogP contribution in [0.5, 0.6) is 0 Å². The summed E-state index contributed by atoms with van der Waals surface area (Å²) in [7, 11) is 0. The van der Waals surface area contributed by atoms with Gasteiger partial charge in [-0.05, 0) is 68.8 Å². The Morgan fingerprint density at radius 3 is 2.28 bits per heavy atom. The average Bonchev–Trinajstić information content (AvgIpc) is 2.96. The normalized spacial score (nSPS) is 32.8. The minimum absolute atomic E-state index is 0.0134. The summed E-state index contributed by atoms with van der Waals surface area (Å²) in [4.78, 5) is 13.1. The number of hydrogen-bond acceptors (Lipinski definition) is 3. The molecule has 0 aliphatic heterocycles. The first-order valence-electron chi connectivity index (χ1n) is 9.46. The molecule has 2 aromatic rings. The molecule has 1 aromatic carbocycles. The SMILES string of the molecule is Cc1noc(C(=O)NC23CC4CC(CC(C4)C2)C3)c1-c1ccccc1. The zero-order chi connectivity index (χ0) is 17.0. The summed E-state index contributed by atoms with van der Waals surface area (Å²) in [5.74, 6) is 2.67. The zero-order valence-corrected chi connectivity index (χ0v) is 14.6. The molecule has 1 amide bonds. The van der Waals surface area contributed by atoms with E-state index in [1.54, 1.807) is 0 Å². The Kier molecular flexibility index (Phi) is 3.31. The zero-order valence-electron chi connectivity index (χ0n) is 14.6. The summed E-state index contributed by atoms with van der Waals surface area (Å²) in [6.45, 7) is 1.90. The van der Waals surface area contributed by atoms with Crippen molar-refractivity contribution in [2.24, 2.45) is 17.8 Å². The van der Waals surface area contributed by atoms with Crippen LogP contribution in [-0.2, 0) is 0 Å². The maximum absolute atomic E-state index is 13.1. The van der Waals surface area contributed by atoms with Crippen LogP contribution in [0.3, 0.4) is 0 Å². The lowest BCUT2D eigenvalue weighted by Gasteiger charge is -2.56. The molecular formula is C21H24N2O2. The summed E-state index contributed by atoms with van der Waals surface area (Å²) >= 11 is 0. The lowest BCUT2D eigenvalue weighted by Crippen LogP contribution is -2.59. The summed E-state index contributed by atoms with van der Waals surface area (Å²) in [5, 5.41) is 7.46. The second-order valence-electron chi connectivity index (χ2n) is 8.49. The summed E-state index contributed by atoms with van der Waals surface area (Å²) in [6.07, 6.45) is 7.51. The Bertz CT molecular complexity index is 773. The first kappa shape index (κ1) is 15.2. The summed E-state index contributed by atoms with van der Waals surface area (Å²) in [6, 6.07) is 9.93. The van der Waals surface area contributed by atoms with Gasteiger partial charge in [-0.1, -0.05) is 35.5 Å². The van der Waals surface area contributed by atoms with Gasteiger partial charge in [-0.3, -0.25) is 4.79 Å². The molecule has 4 fully saturated rings. The third-order valence-corrected chi connectivity index (χ3v) is 6.55. The Balaban J connectivity index is 1.45. The number of rotatable bonds is 3. The van der Waals surface area contributed by atoms with Crippen LogP contribution in [0, 0.1) is 24.7 Å². The van der Waals surface area contributed by atoms with Crippen LogP contribution in [0.2, 0.25) is 0 Å². The molecule has 6 rings (SSSR count). The van der Waals surface area contributed by atoms with Crippen molar-refractivity contribution in [3.63, 3.8) is 0 Å². The van der Waals surface area contributed by atoms with Gasteiger partial charge in [0, 0.05) is 5.54 Å². The predicted molar refractivity (Wildman–Crippen MR) is 95.0 cm³/mol. The number of aromatic nitrogens is 1. The summed E-state index contributed by atoms with van der Waals surface area (Å²) in [5.41, 5.74) is 2.56. The Hall–Kier alpha value is -2.10. The second-order valence-corrected chi connectivity index (χ2v) is 8.49. The van der Waals surface area contributed by atoms with Gasteiger partial charge >= 0.3 is 0 Å². The Morgan fingerprint density at radius 1 is 1.08 bits per heavy atom. The van der Waals surface area contributed by atoms with Crippen LogP contribution in [-0.4, -0.2) is 16.6 Å². The molecule has 1 aromatic heterocycles. The number of nitrogens with zero attached hydrogens (tertiary/aromatic N) is 1. The van der Waals surface area contributed by atoms with Crippen molar-refractivity contribution in [3.05, 3.63) is 41.8 Å². The van der Waals surface area contributed by atoms with Gasteiger partial charge in [0.15, 0.2) is 0 Å². The van der Waals surface area contributed by atoms with Crippen LogP contribution in [0.1, 0.15) is 54.8 Å². The quantitative estimate of drug-likeness (QED) is 0.906. The molecule has 4 saturated carbocycles. The van der Waals surface area contributed by atoms with Crippen LogP contribution in [0.15, 0.2) is 34.9 Å². The van der Waals surface area contributed by atoms with E-state index < -0.39 is 0 Å². The van der Waals surface area contributed by atoms with E-state index in [0.29, 0.717) is 5.76 Å². The molecule has 4 heteroatoms. The van der Waals surface area contributed by atoms with Crippen molar-refractivity contribution in [1.29, 1.82) is 0 Å². The smallest absolute Gasteiger partial charge is 0.290 e. The van der Waals surface area contributed by atoms with Crippen molar-refractivity contribution in [2.45, 2.75) is 51.0 Å². The molecule has 1 heterocycles. The van der Waals surface area contributed by atoms with Crippen LogP contribution < -0.4 is 5.32 Å². The number of nitrogens with one attached hydrogen (secondary N) is 1. The molecule has 4 bridgehead atoms. The molecule has 1 N–H and O–H groups in total. The van der Waals surface area contributed by atoms with Crippen molar-refractivity contribution in [3.8, 4) is 11.1 Å². The molecule has 0 atom stereocenters. The number of carbonyl (C=O) groups is 1. The first-order chi connectivity index (χ1) is 12.1. The fraction of sp³-hybridized carbons (Fsp3) is 0.524. The standard InChI is InChI=1S/C21H24N2O2/c1-13-18(17-5-3-2-4-6-17)19(25-23-13)20(24)22-21-10-14-7-15(11-21)9-16(8-14)12-21/h2-6,14-16H,7-12H2,1H3,(H,22,24). The minimum Gasteiger partial charge on any atom is -0.350 e. The summed E-state index contributed by atoms with van der Waals surface area (Å²) < 4.78 is 5.46. The number of carbonyl (C=O) groups excluding carboxylic acids is 1. The van der Waals surface area contributed by atoms with Gasteiger partial charge in [-0.2, -0.15) is 0 Å². The number of aryl methyl sites for hydroxylation is 1. The molecule has 25 heavy (non-hydrogen) atoms. The molecule has 4 nitrogen and oxygen atoms in total. The lowest BCUT2D eigenvalue weighted by molar-refractivity contribution is -0.0172. The fourth-order valence-electron chi connectivity index (χ4n) is 6.03. The van der Waals surface area contributed by atoms with Crippen LogP contribution in [0.4, 0.5) is 0 Å². The largest absolute Gasteiger partial charge is 0.350 e. The predicted octanol–water partition coefficient (Wildman–Crippen LogP) is 4.35. The average molecular weight is 336 g/mol. The Labute approximate surface area is 148 Å². The highest BCUT2D eigenvalue weighted by Crippen LogP contribution is 2.55. The van der Waals surface area contributed by atoms with E-state index in [9.17, 15) is 4.79 Å². The first-order valence-corrected chi connectivity index (χ1v) is 9.46. The molecule has 0 saturated heterocycles. The molecule has 4 aliphatic carbocycles. The molecule has 130 valence electrons.